The lowest BCUT2D eigenvalue weighted by Crippen LogP contribution is -2.38. The molecule has 1 saturated heterocycles. The van der Waals surface area contributed by atoms with E-state index in [-0.39, 0.29) is 0 Å². The number of piperidine rings is 1. The molecule has 2 fully saturated rings. The lowest BCUT2D eigenvalue weighted by molar-refractivity contribution is -0.0800. The minimum Gasteiger partial charge on any atom is -0.381 e. The highest BCUT2D eigenvalue weighted by Gasteiger charge is 2.26. The maximum atomic E-state index is 6.21. The van der Waals surface area contributed by atoms with Crippen LogP contribution < -0.4 is 0 Å². The third-order valence-electron chi connectivity index (χ3n) is 3.96. The van der Waals surface area contributed by atoms with E-state index in [0.29, 0.717) is 18.3 Å². The van der Waals surface area contributed by atoms with E-state index < -0.39 is 0 Å². The van der Waals surface area contributed by atoms with E-state index in [2.05, 4.69) is 11.9 Å². The Morgan fingerprint density at radius 2 is 1.62 bits per heavy atom. The molecule has 1 saturated carbocycles. The predicted molar refractivity (Wildman–Crippen MR) is 64.7 cm³/mol. The smallest absolute Gasteiger partial charge is 0.0603 e. The quantitative estimate of drug-likeness (QED) is 0.736. The van der Waals surface area contributed by atoms with Gasteiger partial charge in [0.05, 0.1) is 18.3 Å². The maximum absolute atomic E-state index is 6.21. The Morgan fingerprint density at radius 3 is 2.31 bits per heavy atom. The van der Waals surface area contributed by atoms with E-state index >= 15 is 0 Å². The van der Waals surface area contributed by atoms with Crippen LogP contribution >= 0.6 is 0 Å². The van der Waals surface area contributed by atoms with Crippen molar-refractivity contribution in [1.82, 2.24) is 4.90 Å². The second kappa shape index (κ2) is 5.99. The summed E-state index contributed by atoms with van der Waals surface area (Å²) in [6.45, 7) is 2.37. The minimum atomic E-state index is 0.435. The first-order valence-electron chi connectivity index (χ1n) is 6.64. The Bertz CT molecular complexity index is 202. The van der Waals surface area contributed by atoms with Gasteiger partial charge >= 0.3 is 0 Å². The van der Waals surface area contributed by atoms with Crippen molar-refractivity contribution < 1.29 is 9.47 Å². The maximum Gasteiger partial charge on any atom is 0.0603 e. The molecule has 1 heterocycles. The van der Waals surface area contributed by atoms with E-state index in [1.54, 1.807) is 0 Å². The first-order valence-corrected chi connectivity index (χ1v) is 6.64. The molecule has 2 unspecified atom stereocenters. The number of hydrogen-bond acceptors (Lipinski definition) is 3. The fourth-order valence-corrected chi connectivity index (χ4v) is 2.83. The molecule has 94 valence electrons. The topological polar surface area (TPSA) is 21.7 Å². The lowest BCUT2D eigenvalue weighted by Gasteiger charge is -2.35. The molecular formula is C13H25NO2. The largest absolute Gasteiger partial charge is 0.381 e. The van der Waals surface area contributed by atoms with E-state index in [0.717, 1.165) is 6.42 Å². The van der Waals surface area contributed by atoms with Gasteiger partial charge in [-0.05, 0) is 45.6 Å². The number of nitrogens with zero attached hydrogens (tertiary/aromatic N) is 1. The molecule has 0 aromatic heterocycles. The van der Waals surface area contributed by atoms with Crippen molar-refractivity contribution in [3.05, 3.63) is 0 Å². The summed E-state index contributed by atoms with van der Waals surface area (Å²) < 4.78 is 11.6. The molecule has 0 spiro atoms. The fraction of sp³-hybridized carbons (Fsp3) is 1.00. The molecule has 2 aliphatic rings. The zero-order valence-corrected chi connectivity index (χ0v) is 10.7. The van der Waals surface area contributed by atoms with E-state index in [1.165, 1.54) is 45.2 Å². The van der Waals surface area contributed by atoms with E-state index in [4.69, 9.17) is 9.47 Å². The number of methoxy groups -OCH3 is 1. The van der Waals surface area contributed by atoms with Crippen LogP contribution in [0.1, 0.15) is 38.5 Å². The highest BCUT2D eigenvalue weighted by atomic mass is 16.5. The molecule has 0 aromatic carbocycles. The molecule has 0 aromatic rings. The van der Waals surface area contributed by atoms with Gasteiger partial charge in [-0.25, -0.2) is 0 Å². The Labute approximate surface area is 99.1 Å². The highest BCUT2D eigenvalue weighted by molar-refractivity contribution is 4.77. The molecule has 3 heteroatoms. The molecule has 0 N–H and O–H groups in total. The Morgan fingerprint density at radius 1 is 0.938 bits per heavy atom. The van der Waals surface area contributed by atoms with Gasteiger partial charge in [-0.2, -0.15) is 0 Å². The van der Waals surface area contributed by atoms with Gasteiger partial charge in [0.1, 0.15) is 0 Å². The molecular weight excluding hydrogens is 202 g/mol. The Hall–Kier alpha value is -0.120. The normalized spacial score (nSPS) is 34.1. The molecule has 16 heavy (non-hydrogen) atoms. The standard InChI is InChI=1S/C13H25NO2/c1-14-8-6-11(7-9-14)16-13-5-3-4-12(10-13)15-2/h11-13H,3-10H2,1-2H3. The average Bonchev–Trinajstić information content (AvgIpc) is 2.32. The van der Waals surface area contributed by atoms with Crippen molar-refractivity contribution in [2.24, 2.45) is 0 Å². The summed E-state index contributed by atoms with van der Waals surface area (Å²) in [6.07, 6.45) is 8.58. The summed E-state index contributed by atoms with van der Waals surface area (Å²) in [5.41, 5.74) is 0. The SMILES string of the molecule is COC1CCCC(OC2CCN(C)CC2)C1. The van der Waals surface area contributed by atoms with Crippen molar-refractivity contribution in [2.45, 2.75) is 56.8 Å². The van der Waals surface area contributed by atoms with Crippen molar-refractivity contribution in [3.8, 4) is 0 Å². The summed E-state index contributed by atoms with van der Waals surface area (Å²) in [5, 5.41) is 0. The highest BCUT2D eigenvalue weighted by Crippen LogP contribution is 2.26. The number of hydrogen-bond donors (Lipinski definition) is 0. The molecule has 0 amide bonds. The van der Waals surface area contributed by atoms with Gasteiger partial charge in [0.2, 0.25) is 0 Å². The van der Waals surface area contributed by atoms with Crippen LogP contribution in [0.2, 0.25) is 0 Å². The van der Waals surface area contributed by atoms with Gasteiger partial charge < -0.3 is 14.4 Å². The fourth-order valence-electron chi connectivity index (χ4n) is 2.83. The summed E-state index contributed by atoms with van der Waals surface area (Å²) in [7, 11) is 4.01. The molecule has 0 radical (unpaired) electrons. The van der Waals surface area contributed by atoms with Gasteiger partial charge in [-0.1, -0.05) is 0 Å². The van der Waals surface area contributed by atoms with Gasteiger partial charge in [0.15, 0.2) is 0 Å². The van der Waals surface area contributed by atoms with Crippen molar-refractivity contribution in [1.29, 1.82) is 0 Å². The van der Waals surface area contributed by atoms with Crippen molar-refractivity contribution in [2.75, 3.05) is 27.2 Å². The van der Waals surface area contributed by atoms with Crippen molar-refractivity contribution >= 4 is 0 Å². The van der Waals surface area contributed by atoms with Gasteiger partial charge in [0.25, 0.3) is 0 Å². The molecule has 2 atom stereocenters. The third kappa shape index (κ3) is 3.44. The molecule has 1 aliphatic carbocycles. The van der Waals surface area contributed by atoms with Crippen LogP contribution in [0.4, 0.5) is 0 Å². The van der Waals surface area contributed by atoms with Crippen LogP contribution in [0.3, 0.4) is 0 Å². The Kier molecular flexibility index (Phi) is 4.62. The van der Waals surface area contributed by atoms with Crippen LogP contribution in [0.15, 0.2) is 0 Å². The summed E-state index contributed by atoms with van der Waals surface area (Å²) in [6, 6.07) is 0. The van der Waals surface area contributed by atoms with Crippen LogP contribution in [-0.2, 0) is 9.47 Å². The minimum absolute atomic E-state index is 0.435. The van der Waals surface area contributed by atoms with Gasteiger partial charge in [-0.15, -0.1) is 0 Å². The van der Waals surface area contributed by atoms with E-state index in [1.807, 2.05) is 7.11 Å². The van der Waals surface area contributed by atoms with Crippen LogP contribution in [0.5, 0.6) is 0 Å². The second-order valence-electron chi connectivity index (χ2n) is 5.29. The lowest BCUT2D eigenvalue weighted by atomic mass is 9.94. The van der Waals surface area contributed by atoms with E-state index in [9.17, 15) is 0 Å². The van der Waals surface area contributed by atoms with Crippen molar-refractivity contribution in [3.63, 3.8) is 0 Å². The summed E-state index contributed by atoms with van der Waals surface area (Å²) in [4.78, 5) is 2.39. The summed E-state index contributed by atoms with van der Waals surface area (Å²) in [5.74, 6) is 0. The molecule has 1 aliphatic heterocycles. The van der Waals surface area contributed by atoms with Gasteiger partial charge in [0, 0.05) is 20.2 Å². The molecule has 0 bridgehead atoms. The number of rotatable bonds is 3. The average molecular weight is 227 g/mol. The van der Waals surface area contributed by atoms with Gasteiger partial charge in [-0.3, -0.25) is 0 Å². The second-order valence-corrected chi connectivity index (χ2v) is 5.29. The van der Waals surface area contributed by atoms with Crippen LogP contribution in [0.25, 0.3) is 0 Å². The monoisotopic (exact) mass is 227 g/mol. The summed E-state index contributed by atoms with van der Waals surface area (Å²) >= 11 is 0. The first-order chi connectivity index (χ1) is 7.78. The third-order valence-corrected chi connectivity index (χ3v) is 3.96. The zero-order chi connectivity index (χ0) is 11.4. The van der Waals surface area contributed by atoms with Crippen LogP contribution in [-0.4, -0.2) is 50.5 Å². The van der Waals surface area contributed by atoms with Crippen LogP contribution in [0, 0.1) is 0 Å². The first kappa shape index (κ1) is 12.3. The molecule has 2 rings (SSSR count). The predicted octanol–water partition coefficient (Wildman–Crippen LogP) is 2.05. The number of ether oxygens (including phenoxy) is 2. The zero-order valence-electron chi connectivity index (χ0n) is 10.7. The molecule has 3 nitrogen and oxygen atoms in total. The Balaban J connectivity index is 1.72. The number of likely N-dealkylation sites (tertiary alicyclic amines) is 1.